The lowest BCUT2D eigenvalue weighted by atomic mass is 10.2. The molecule has 0 saturated carbocycles. The quantitative estimate of drug-likeness (QED) is 0.764. The van der Waals surface area contributed by atoms with E-state index >= 15 is 0 Å². The second kappa shape index (κ2) is 8.78. The van der Waals surface area contributed by atoms with E-state index in [1.807, 2.05) is 44.4 Å². The first-order valence-corrected chi connectivity index (χ1v) is 7.43. The zero-order valence-corrected chi connectivity index (χ0v) is 14.0. The van der Waals surface area contributed by atoms with E-state index in [-0.39, 0.29) is 25.1 Å². The lowest BCUT2D eigenvalue weighted by Crippen LogP contribution is -2.28. The number of amides is 1. The van der Waals surface area contributed by atoms with Crippen LogP contribution in [0.1, 0.15) is 11.4 Å². The fourth-order valence-electron chi connectivity index (χ4n) is 1.82. The van der Waals surface area contributed by atoms with Crippen LogP contribution in [0.2, 0.25) is 0 Å². The van der Waals surface area contributed by atoms with E-state index < -0.39 is 0 Å². The summed E-state index contributed by atoms with van der Waals surface area (Å²) in [6.07, 6.45) is 0. The summed E-state index contributed by atoms with van der Waals surface area (Å²) < 4.78 is 10.4. The fraction of sp³-hybridized carbons (Fsp3) is 0.375. The lowest BCUT2D eigenvalue weighted by molar-refractivity contribution is -0.126. The van der Waals surface area contributed by atoms with E-state index in [1.165, 1.54) is 7.11 Å². The first-order valence-electron chi connectivity index (χ1n) is 7.43. The molecule has 0 bridgehead atoms. The number of anilines is 1. The van der Waals surface area contributed by atoms with Gasteiger partial charge in [-0.05, 0) is 5.56 Å². The number of ether oxygens (including phenoxy) is 2. The van der Waals surface area contributed by atoms with Gasteiger partial charge >= 0.3 is 6.01 Å². The Hall–Kier alpha value is -2.74. The molecule has 2 rings (SSSR count). The highest BCUT2D eigenvalue weighted by molar-refractivity contribution is 5.77. The second-order valence-corrected chi connectivity index (χ2v) is 5.19. The normalized spacial score (nSPS) is 10.3. The summed E-state index contributed by atoms with van der Waals surface area (Å²) in [5.41, 5.74) is 1.02. The minimum atomic E-state index is -0.239. The van der Waals surface area contributed by atoms with Crippen LogP contribution < -0.4 is 15.0 Å². The second-order valence-electron chi connectivity index (χ2n) is 5.19. The number of aromatic nitrogens is 3. The van der Waals surface area contributed by atoms with Crippen molar-refractivity contribution < 1.29 is 14.3 Å². The van der Waals surface area contributed by atoms with Crippen molar-refractivity contribution in [2.24, 2.45) is 0 Å². The predicted octanol–water partition coefficient (Wildman–Crippen LogP) is 0.779. The van der Waals surface area contributed by atoms with Crippen molar-refractivity contribution in [3.05, 3.63) is 41.7 Å². The van der Waals surface area contributed by atoms with E-state index in [9.17, 15) is 4.79 Å². The van der Waals surface area contributed by atoms with Gasteiger partial charge in [-0.1, -0.05) is 30.3 Å². The molecule has 8 nitrogen and oxygen atoms in total. The molecule has 0 aliphatic heterocycles. The van der Waals surface area contributed by atoms with E-state index in [0.717, 1.165) is 5.56 Å². The third kappa shape index (κ3) is 5.47. The average molecular weight is 331 g/mol. The van der Waals surface area contributed by atoms with Crippen molar-refractivity contribution >= 4 is 11.9 Å². The molecule has 0 atom stereocenters. The van der Waals surface area contributed by atoms with Crippen LogP contribution in [0.25, 0.3) is 0 Å². The molecule has 1 heterocycles. The molecule has 0 aliphatic carbocycles. The van der Waals surface area contributed by atoms with Gasteiger partial charge in [-0.25, -0.2) is 0 Å². The standard InChI is InChI=1S/C16H21N5O3/c1-21(2)15-18-13(19-16(20-15)23-3)9-17-14(22)11-24-10-12-7-5-4-6-8-12/h4-8H,9-11H2,1-3H3,(H,17,22). The molecule has 1 amide bonds. The Balaban J connectivity index is 1.82. The maximum Gasteiger partial charge on any atom is 0.321 e. The Morgan fingerprint density at radius 2 is 1.92 bits per heavy atom. The van der Waals surface area contributed by atoms with Gasteiger partial charge in [0.25, 0.3) is 0 Å². The van der Waals surface area contributed by atoms with Gasteiger partial charge in [0, 0.05) is 14.1 Å². The van der Waals surface area contributed by atoms with Crippen LogP contribution in [-0.2, 0) is 22.7 Å². The molecule has 1 aromatic carbocycles. The van der Waals surface area contributed by atoms with Crippen LogP contribution in [0.3, 0.4) is 0 Å². The first kappa shape index (κ1) is 17.6. The van der Waals surface area contributed by atoms with Gasteiger partial charge in [0.05, 0.1) is 20.3 Å². The van der Waals surface area contributed by atoms with Gasteiger partial charge in [0.15, 0.2) is 5.82 Å². The molecule has 0 radical (unpaired) electrons. The monoisotopic (exact) mass is 331 g/mol. The molecule has 0 saturated heterocycles. The van der Waals surface area contributed by atoms with Gasteiger partial charge in [0.2, 0.25) is 11.9 Å². The summed E-state index contributed by atoms with van der Waals surface area (Å²) in [6, 6.07) is 9.87. The highest BCUT2D eigenvalue weighted by atomic mass is 16.5. The molecular weight excluding hydrogens is 310 g/mol. The van der Waals surface area contributed by atoms with Gasteiger partial charge in [-0.2, -0.15) is 15.0 Å². The van der Waals surface area contributed by atoms with E-state index in [1.54, 1.807) is 4.90 Å². The highest BCUT2D eigenvalue weighted by Crippen LogP contribution is 2.09. The van der Waals surface area contributed by atoms with Crippen LogP contribution >= 0.6 is 0 Å². The number of carbonyl (C=O) groups excluding carboxylic acids is 1. The minimum absolute atomic E-state index is 0.0301. The molecule has 24 heavy (non-hydrogen) atoms. The maximum atomic E-state index is 11.8. The van der Waals surface area contributed by atoms with Crippen LogP contribution in [-0.4, -0.2) is 48.7 Å². The summed E-state index contributed by atoms with van der Waals surface area (Å²) in [5, 5.41) is 2.71. The summed E-state index contributed by atoms with van der Waals surface area (Å²) in [4.78, 5) is 26.0. The van der Waals surface area contributed by atoms with Crippen molar-refractivity contribution in [1.29, 1.82) is 0 Å². The molecule has 0 aliphatic rings. The molecule has 8 heteroatoms. The number of methoxy groups -OCH3 is 1. The summed E-state index contributed by atoms with van der Waals surface area (Å²) in [7, 11) is 5.11. The van der Waals surface area contributed by atoms with Gasteiger partial charge in [0.1, 0.15) is 6.61 Å². The number of nitrogens with one attached hydrogen (secondary N) is 1. The smallest absolute Gasteiger partial charge is 0.321 e. The van der Waals surface area contributed by atoms with Crippen LogP contribution in [0.5, 0.6) is 6.01 Å². The van der Waals surface area contributed by atoms with Crippen molar-refractivity contribution in [1.82, 2.24) is 20.3 Å². The van der Waals surface area contributed by atoms with E-state index in [2.05, 4.69) is 20.3 Å². The predicted molar refractivity (Wildman–Crippen MR) is 88.7 cm³/mol. The number of hydrogen-bond acceptors (Lipinski definition) is 7. The highest BCUT2D eigenvalue weighted by Gasteiger charge is 2.10. The lowest BCUT2D eigenvalue weighted by Gasteiger charge is -2.12. The van der Waals surface area contributed by atoms with Gasteiger partial charge in [-0.3, -0.25) is 4.79 Å². The Bertz CT molecular complexity index is 664. The van der Waals surface area contributed by atoms with E-state index in [0.29, 0.717) is 18.4 Å². The molecule has 0 unspecified atom stereocenters. The Morgan fingerprint density at radius 1 is 1.17 bits per heavy atom. The third-order valence-corrected chi connectivity index (χ3v) is 3.02. The van der Waals surface area contributed by atoms with Crippen molar-refractivity contribution in [2.45, 2.75) is 13.2 Å². The third-order valence-electron chi connectivity index (χ3n) is 3.02. The summed E-state index contributed by atoms with van der Waals surface area (Å²) in [5.74, 6) is 0.644. The molecule has 1 aromatic heterocycles. The van der Waals surface area contributed by atoms with E-state index in [4.69, 9.17) is 9.47 Å². The number of nitrogens with zero attached hydrogens (tertiary/aromatic N) is 4. The molecule has 2 aromatic rings. The van der Waals surface area contributed by atoms with Crippen LogP contribution in [0.15, 0.2) is 30.3 Å². The Kier molecular flexibility index (Phi) is 6.44. The zero-order chi connectivity index (χ0) is 17.4. The summed E-state index contributed by atoms with van der Waals surface area (Å²) >= 11 is 0. The van der Waals surface area contributed by atoms with Crippen molar-refractivity contribution in [2.75, 3.05) is 32.7 Å². The average Bonchev–Trinajstić information content (AvgIpc) is 2.60. The maximum absolute atomic E-state index is 11.8. The largest absolute Gasteiger partial charge is 0.467 e. The fourth-order valence-corrected chi connectivity index (χ4v) is 1.82. The molecule has 0 fully saturated rings. The number of hydrogen-bond donors (Lipinski definition) is 1. The zero-order valence-electron chi connectivity index (χ0n) is 14.0. The van der Waals surface area contributed by atoms with Crippen molar-refractivity contribution in [3.8, 4) is 6.01 Å². The van der Waals surface area contributed by atoms with Gasteiger partial charge in [-0.15, -0.1) is 0 Å². The molecule has 128 valence electrons. The first-order chi connectivity index (χ1) is 11.6. The van der Waals surface area contributed by atoms with Gasteiger partial charge < -0.3 is 19.7 Å². The van der Waals surface area contributed by atoms with Crippen LogP contribution in [0, 0.1) is 0 Å². The number of carbonyl (C=O) groups is 1. The molecule has 1 N–H and O–H groups in total. The Morgan fingerprint density at radius 3 is 2.58 bits per heavy atom. The molecular formula is C16H21N5O3. The van der Waals surface area contributed by atoms with Crippen molar-refractivity contribution in [3.63, 3.8) is 0 Å². The number of benzene rings is 1. The SMILES string of the molecule is COc1nc(CNC(=O)COCc2ccccc2)nc(N(C)C)n1. The topological polar surface area (TPSA) is 89.5 Å². The Labute approximate surface area is 140 Å². The minimum Gasteiger partial charge on any atom is -0.467 e. The van der Waals surface area contributed by atoms with Crippen LogP contribution in [0.4, 0.5) is 5.95 Å². The molecule has 0 spiro atoms. The number of rotatable bonds is 8. The summed E-state index contributed by atoms with van der Waals surface area (Å²) in [6.45, 7) is 0.531.